The molecule has 1 amide bonds. The lowest BCUT2D eigenvalue weighted by Gasteiger charge is -2.23. The largest absolute Gasteiger partial charge is 0.354 e. The number of nitrogens with zero attached hydrogens (tertiary/aromatic N) is 2. The fourth-order valence-corrected chi connectivity index (χ4v) is 1.80. The minimum Gasteiger partial charge on any atom is -0.354 e. The van der Waals surface area contributed by atoms with Gasteiger partial charge in [-0.25, -0.2) is 0 Å². The van der Waals surface area contributed by atoms with Gasteiger partial charge < -0.3 is 11.1 Å². The normalized spacial score (nSPS) is 11.5. The van der Waals surface area contributed by atoms with Crippen LogP contribution in [0.4, 0.5) is 0 Å². The molecule has 0 aliphatic carbocycles. The molecule has 1 heterocycles. The fraction of sp³-hybridized carbons (Fsp3) is 0.692. The van der Waals surface area contributed by atoms with Crippen LogP contribution < -0.4 is 11.1 Å². The first-order chi connectivity index (χ1) is 8.53. The first-order valence-corrected chi connectivity index (χ1v) is 6.48. The summed E-state index contributed by atoms with van der Waals surface area (Å²) >= 11 is 0. The van der Waals surface area contributed by atoms with E-state index in [4.69, 9.17) is 5.73 Å². The summed E-state index contributed by atoms with van der Waals surface area (Å²) in [6.45, 7) is 6.31. The third kappa shape index (κ3) is 5.82. The van der Waals surface area contributed by atoms with E-state index >= 15 is 0 Å². The summed E-state index contributed by atoms with van der Waals surface area (Å²) in [4.78, 5) is 11.7. The number of rotatable bonds is 8. The van der Waals surface area contributed by atoms with E-state index in [0.717, 1.165) is 12.8 Å². The smallest absolute Gasteiger partial charge is 0.220 e. The van der Waals surface area contributed by atoms with Crippen LogP contribution in [0.5, 0.6) is 0 Å². The van der Waals surface area contributed by atoms with Crippen molar-refractivity contribution < 1.29 is 4.79 Å². The number of hydrogen-bond acceptors (Lipinski definition) is 3. The zero-order valence-corrected chi connectivity index (χ0v) is 11.4. The van der Waals surface area contributed by atoms with Crippen molar-refractivity contribution in [1.29, 1.82) is 0 Å². The van der Waals surface area contributed by atoms with Gasteiger partial charge in [-0.2, -0.15) is 5.10 Å². The molecule has 0 bridgehead atoms. The molecule has 0 aromatic carbocycles. The molecule has 0 unspecified atom stereocenters. The average Bonchev–Trinajstić information content (AvgIpc) is 2.79. The first-order valence-electron chi connectivity index (χ1n) is 6.48. The summed E-state index contributed by atoms with van der Waals surface area (Å²) in [5.41, 5.74) is 5.69. The molecular formula is C13H24N4O. The van der Waals surface area contributed by atoms with Crippen LogP contribution in [0.15, 0.2) is 18.5 Å². The number of amides is 1. The van der Waals surface area contributed by atoms with E-state index < -0.39 is 0 Å². The molecule has 0 aliphatic heterocycles. The number of hydrogen-bond donors (Lipinski definition) is 2. The fourth-order valence-electron chi connectivity index (χ4n) is 1.80. The molecule has 1 rings (SSSR count). The topological polar surface area (TPSA) is 72.9 Å². The molecule has 0 saturated carbocycles. The van der Waals surface area contributed by atoms with Gasteiger partial charge in [-0.15, -0.1) is 0 Å². The van der Waals surface area contributed by atoms with Crippen molar-refractivity contribution in [2.24, 2.45) is 11.1 Å². The molecule has 0 saturated heterocycles. The maximum absolute atomic E-state index is 11.7. The maximum Gasteiger partial charge on any atom is 0.220 e. The van der Waals surface area contributed by atoms with Crippen LogP contribution in [0.2, 0.25) is 0 Å². The summed E-state index contributed by atoms with van der Waals surface area (Å²) in [5.74, 6) is 0.104. The summed E-state index contributed by atoms with van der Waals surface area (Å²) in [6.07, 6.45) is 6.01. The van der Waals surface area contributed by atoms with Crippen LogP contribution in [-0.2, 0) is 11.3 Å². The molecule has 1 aromatic heterocycles. The van der Waals surface area contributed by atoms with E-state index in [1.165, 1.54) is 0 Å². The van der Waals surface area contributed by atoms with Crippen molar-refractivity contribution >= 4 is 5.91 Å². The lowest BCUT2D eigenvalue weighted by atomic mass is 9.84. The SMILES string of the molecule is CC(C)(CCN)CCC(=O)NCCn1cccn1. The van der Waals surface area contributed by atoms with E-state index in [2.05, 4.69) is 24.3 Å². The highest BCUT2D eigenvalue weighted by molar-refractivity contribution is 5.75. The average molecular weight is 252 g/mol. The van der Waals surface area contributed by atoms with Crippen LogP contribution in [-0.4, -0.2) is 28.8 Å². The molecule has 3 N–H and O–H groups in total. The van der Waals surface area contributed by atoms with E-state index in [1.807, 2.05) is 12.3 Å². The second-order valence-corrected chi connectivity index (χ2v) is 5.32. The Kier molecular flexibility index (Phi) is 5.85. The van der Waals surface area contributed by atoms with Gasteiger partial charge in [0, 0.05) is 25.4 Å². The van der Waals surface area contributed by atoms with Crippen molar-refractivity contribution in [1.82, 2.24) is 15.1 Å². The van der Waals surface area contributed by atoms with Crippen molar-refractivity contribution in [2.45, 2.75) is 39.7 Å². The Bertz CT molecular complexity index is 346. The molecule has 0 aliphatic rings. The Balaban J connectivity index is 2.14. The van der Waals surface area contributed by atoms with E-state index in [-0.39, 0.29) is 11.3 Å². The summed E-state index contributed by atoms with van der Waals surface area (Å²) < 4.78 is 1.80. The number of nitrogens with one attached hydrogen (secondary N) is 1. The zero-order valence-electron chi connectivity index (χ0n) is 11.4. The van der Waals surface area contributed by atoms with Gasteiger partial charge >= 0.3 is 0 Å². The number of carbonyl (C=O) groups is 1. The van der Waals surface area contributed by atoms with Crippen molar-refractivity contribution in [3.8, 4) is 0 Å². The van der Waals surface area contributed by atoms with Crippen LogP contribution in [0, 0.1) is 5.41 Å². The molecule has 0 spiro atoms. The Hall–Kier alpha value is -1.36. The second-order valence-electron chi connectivity index (χ2n) is 5.32. The molecular weight excluding hydrogens is 228 g/mol. The van der Waals surface area contributed by atoms with Gasteiger partial charge in [0.25, 0.3) is 0 Å². The lowest BCUT2D eigenvalue weighted by Crippen LogP contribution is -2.28. The molecule has 1 aromatic rings. The number of carbonyl (C=O) groups excluding carboxylic acids is 1. The standard InChI is InChI=1S/C13H24N4O/c1-13(2,6-7-14)5-4-12(18)15-9-11-17-10-3-8-16-17/h3,8,10H,4-7,9,11,14H2,1-2H3,(H,15,18). The Labute approximate surface area is 109 Å². The lowest BCUT2D eigenvalue weighted by molar-refractivity contribution is -0.121. The van der Waals surface area contributed by atoms with Crippen molar-refractivity contribution in [3.05, 3.63) is 18.5 Å². The van der Waals surface area contributed by atoms with Gasteiger partial charge in [0.2, 0.25) is 5.91 Å². The highest BCUT2D eigenvalue weighted by Crippen LogP contribution is 2.25. The molecule has 18 heavy (non-hydrogen) atoms. The third-order valence-electron chi connectivity index (χ3n) is 3.07. The van der Waals surface area contributed by atoms with Crippen molar-refractivity contribution in [2.75, 3.05) is 13.1 Å². The molecule has 5 nitrogen and oxygen atoms in total. The van der Waals surface area contributed by atoms with Gasteiger partial charge in [0.05, 0.1) is 6.54 Å². The Morgan fingerprint density at radius 3 is 2.83 bits per heavy atom. The summed E-state index contributed by atoms with van der Waals surface area (Å²) in [5, 5.41) is 6.98. The quantitative estimate of drug-likeness (QED) is 0.729. The minimum absolute atomic E-state index is 0.104. The van der Waals surface area contributed by atoms with E-state index in [1.54, 1.807) is 10.9 Å². The molecule has 5 heteroatoms. The first kappa shape index (κ1) is 14.7. The number of nitrogens with two attached hydrogens (primary N) is 1. The van der Waals surface area contributed by atoms with Gasteiger partial charge in [-0.3, -0.25) is 9.48 Å². The predicted molar refractivity (Wildman–Crippen MR) is 71.9 cm³/mol. The van der Waals surface area contributed by atoms with Crippen LogP contribution in [0.25, 0.3) is 0 Å². The van der Waals surface area contributed by atoms with Gasteiger partial charge in [-0.1, -0.05) is 13.8 Å². The zero-order chi connectivity index (χ0) is 13.4. The summed E-state index contributed by atoms with van der Waals surface area (Å²) in [7, 11) is 0. The van der Waals surface area contributed by atoms with Gasteiger partial charge in [0.1, 0.15) is 0 Å². The van der Waals surface area contributed by atoms with E-state index in [9.17, 15) is 4.79 Å². The van der Waals surface area contributed by atoms with Crippen LogP contribution in [0.1, 0.15) is 33.1 Å². The van der Waals surface area contributed by atoms with E-state index in [0.29, 0.717) is 26.1 Å². The molecule has 0 atom stereocenters. The highest BCUT2D eigenvalue weighted by atomic mass is 16.1. The molecule has 0 fully saturated rings. The Morgan fingerprint density at radius 1 is 1.44 bits per heavy atom. The van der Waals surface area contributed by atoms with Gasteiger partial charge in [0.15, 0.2) is 0 Å². The minimum atomic E-state index is 0.104. The monoisotopic (exact) mass is 252 g/mol. The van der Waals surface area contributed by atoms with Crippen LogP contribution in [0.3, 0.4) is 0 Å². The molecule has 102 valence electrons. The molecule has 0 radical (unpaired) electrons. The van der Waals surface area contributed by atoms with Gasteiger partial charge in [-0.05, 0) is 30.9 Å². The highest BCUT2D eigenvalue weighted by Gasteiger charge is 2.17. The third-order valence-corrected chi connectivity index (χ3v) is 3.07. The number of aromatic nitrogens is 2. The predicted octanol–water partition coefficient (Wildman–Crippen LogP) is 1.15. The Morgan fingerprint density at radius 2 is 2.22 bits per heavy atom. The van der Waals surface area contributed by atoms with Crippen LogP contribution >= 0.6 is 0 Å². The maximum atomic E-state index is 11.7. The second kappa shape index (κ2) is 7.16. The van der Waals surface area contributed by atoms with Crippen molar-refractivity contribution in [3.63, 3.8) is 0 Å². The summed E-state index contributed by atoms with van der Waals surface area (Å²) in [6, 6.07) is 1.87.